The van der Waals surface area contributed by atoms with E-state index in [9.17, 15) is 0 Å². The minimum absolute atomic E-state index is 0.357. The summed E-state index contributed by atoms with van der Waals surface area (Å²) in [6.45, 7) is 3.68. The molecule has 3 aromatic carbocycles. The van der Waals surface area contributed by atoms with Gasteiger partial charge in [-0.3, -0.25) is 5.32 Å². The van der Waals surface area contributed by atoms with Gasteiger partial charge in [-0.2, -0.15) is 0 Å². The van der Waals surface area contributed by atoms with E-state index in [0.29, 0.717) is 6.04 Å². The maximum atomic E-state index is 4.24. The molecule has 1 saturated carbocycles. The predicted octanol–water partition coefficient (Wildman–Crippen LogP) is 5.83. The van der Waals surface area contributed by atoms with Crippen LogP contribution in [-0.4, -0.2) is 30.6 Å². The lowest BCUT2D eigenvalue weighted by Crippen LogP contribution is -2.53. The Bertz CT molecular complexity index is 838. The monoisotopic (exact) mass is 410 g/mol. The average Bonchev–Trinajstić information content (AvgIpc) is 3.67. The molecule has 2 aliphatic rings. The maximum Gasteiger partial charge on any atom is 0.0950 e. The van der Waals surface area contributed by atoms with Gasteiger partial charge in [0.15, 0.2) is 0 Å². The van der Waals surface area contributed by atoms with Gasteiger partial charge in [0.25, 0.3) is 0 Å². The molecular formula is C29H34N2. The Morgan fingerprint density at radius 3 is 1.68 bits per heavy atom. The minimum atomic E-state index is -0.357. The Morgan fingerprint density at radius 2 is 1.19 bits per heavy atom. The van der Waals surface area contributed by atoms with Crippen LogP contribution < -0.4 is 5.32 Å². The van der Waals surface area contributed by atoms with Gasteiger partial charge in [-0.25, -0.2) is 0 Å². The lowest BCUT2D eigenvalue weighted by Gasteiger charge is -2.41. The molecule has 0 amide bonds. The Morgan fingerprint density at radius 1 is 0.677 bits per heavy atom. The normalized spacial score (nSPS) is 20.3. The van der Waals surface area contributed by atoms with Gasteiger partial charge in [-0.15, -0.1) is 0 Å². The molecule has 1 aliphatic carbocycles. The van der Waals surface area contributed by atoms with Gasteiger partial charge < -0.3 is 4.90 Å². The second-order valence-electron chi connectivity index (χ2n) is 9.39. The molecule has 0 aromatic heterocycles. The molecule has 2 nitrogen and oxygen atoms in total. The predicted molar refractivity (Wildman–Crippen MR) is 129 cm³/mol. The third-order valence-corrected chi connectivity index (χ3v) is 7.01. The standard InChI is InChI=1S/C29H34N2/c1-4-12-25(13-5-1)29(26-14-6-2-7-15-26,27-16-8-3-9-17-27)30-28-18-10-11-21-31(23-28)22-24-19-20-24/h1-9,12-17,24,28,30H,10-11,18-23H2. The number of rotatable bonds is 7. The lowest BCUT2D eigenvalue weighted by molar-refractivity contribution is 0.235. The van der Waals surface area contributed by atoms with Crippen LogP contribution in [0.15, 0.2) is 91.0 Å². The van der Waals surface area contributed by atoms with Crippen molar-refractivity contribution in [2.45, 2.75) is 43.7 Å². The van der Waals surface area contributed by atoms with E-state index in [1.807, 2.05) is 0 Å². The van der Waals surface area contributed by atoms with Crippen molar-refractivity contribution in [1.82, 2.24) is 10.2 Å². The smallest absolute Gasteiger partial charge is 0.0950 e. The second-order valence-corrected chi connectivity index (χ2v) is 9.39. The number of likely N-dealkylation sites (tertiary alicyclic amines) is 1. The van der Waals surface area contributed by atoms with Crippen molar-refractivity contribution in [3.05, 3.63) is 108 Å². The van der Waals surface area contributed by atoms with Gasteiger partial charge in [-0.05, 0) is 54.8 Å². The maximum absolute atomic E-state index is 4.24. The van der Waals surface area contributed by atoms with Gasteiger partial charge in [-0.1, -0.05) is 97.4 Å². The first-order valence-electron chi connectivity index (χ1n) is 12.0. The van der Waals surface area contributed by atoms with Crippen molar-refractivity contribution in [3.8, 4) is 0 Å². The summed E-state index contributed by atoms with van der Waals surface area (Å²) in [6.07, 6.45) is 6.70. The molecule has 1 saturated heterocycles. The van der Waals surface area contributed by atoms with E-state index in [0.717, 1.165) is 12.5 Å². The van der Waals surface area contributed by atoms with E-state index in [1.54, 1.807) is 0 Å². The first-order chi connectivity index (χ1) is 15.3. The molecule has 1 atom stereocenters. The molecule has 2 fully saturated rings. The topological polar surface area (TPSA) is 15.3 Å². The van der Waals surface area contributed by atoms with Crippen LogP contribution in [0.5, 0.6) is 0 Å². The summed E-state index contributed by atoms with van der Waals surface area (Å²) in [5.74, 6) is 0.945. The molecule has 1 heterocycles. The summed E-state index contributed by atoms with van der Waals surface area (Å²) in [6, 6.07) is 33.5. The highest BCUT2D eigenvalue weighted by molar-refractivity contribution is 5.49. The van der Waals surface area contributed by atoms with Gasteiger partial charge in [0.1, 0.15) is 0 Å². The molecular weight excluding hydrogens is 376 g/mol. The molecule has 0 radical (unpaired) electrons. The molecule has 160 valence electrons. The number of nitrogens with zero attached hydrogens (tertiary/aromatic N) is 1. The zero-order chi connectivity index (χ0) is 20.9. The summed E-state index contributed by atoms with van der Waals surface area (Å²) in [5, 5.41) is 4.24. The van der Waals surface area contributed by atoms with E-state index >= 15 is 0 Å². The van der Waals surface area contributed by atoms with Crippen molar-refractivity contribution in [2.75, 3.05) is 19.6 Å². The van der Waals surface area contributed by atoms with Crippen molar-refractivity contribution in [3.63, 3.8) is 0 Å². The van der Waals surface area contributed by atoms with Crippen molar-refractivity contribution in [1.29, 1.82) is 0 Å². The fourth-order valence-electron chi connectivity index (χ4n) is 5.29. The number of hydrogen-bond donors (Lipinski definition) is 1. The third kappa shape index (κ3) is 4.61. The van der Waals surface area contributed by atoms with Crippen LogP contribution in [0.25, 0.3) is 0 Å². The third-order valence-electron chi connectivity index (χ3n) is 7.01. The van der Waals surface area contributed by atoms with Gasteiger partial charge >= 0.3 is 0 Å². The van der Waals surface area contributed by atoms with Gasteiger partial charge in [0.05, 0.1) is 5.54 Å². The van der Waals surface area contributed by atoms with Crippen LogP contribution in [0.4, 0.5) is 0 Å². The molecule has 31 heavy (non-hydrogen) atoms. The fourth-order valence-corrected chi connectivity index (χ4v) is 5.29. The summed E-state index contributed by atoms with van der Waals surface area (Å²) < 4.78 is 0. The highest BCUT2D eigenvalue weighted by Gasteiger charge is 2.39. The molecule has 0 spiro atoms. The molecule has 1 unspecified atom stereocenters. The first kappa shape index (κ1) is 20.5. The van der Waals surface area contributed by atoms with E-state index < -0.39 is 0 Å². The Labute approximate surface area is 187 Å². The Hall–Kier alpha value is -2.42. The lowest BCUT2D eigenvalue weighted by atomic mass is 9.76. The molecule has 5 rings (SSSR count). The number of hydrogen-bond acceptors (Lipinski definition) is 2. The van der Waals surface area contributed by atoms with Gasteiger partial charge in [0.2, 0.25) is 0 Å². The second kappa shape index (κ2) is 9.38. The van der Waals surface area contributed by atoms with Crippen molar-refractivity contribution >= 4 is 0 Å². The van der Waals surface area contributed by atoms with Crippen LogP contribution in [0.3, 0.4) is 0 Å². The highest BCUT2D eigenvalue weighted by atomic mass is 15.2. The molecule has 3 aromatic rings. The van der Waals surface area contributed by atoms with Crippen LogP contribution in [-0.2, 0) is 5.54 Å². The molecule has 2 heteroatoms. The van der Waals surface area contributed by atoms with Crippen LogP contribution in [0, 0.1) is 5.92 Å². The SMILES string of the molecule is c1ccc(C(NC2CCCCN(CC3CC3)C2)(c2ccccc2)c2ccccc2)cc1. The quantitative estimate of drug-likeness (QED) is 0.493. The Kier molecular flexibility index (Phi) is 6.20. The van der Waals surface area contributed by atoms with E-state index in [-0.39, 0.29) is 5.54 Å². The summed E-state index contributed by atoms with van der Waals surface area (Å²) in [5.41, 5.74) is 3.57. The van der Waals surface area contributed by atoms with Gasteiger partial charge in [0, 0.05) is 19.1 Å². The number of benzene rings is 3. The van der Waals surface area contributed by atoms with E-state index in [1.165, 1.54) is 61.9 Å². The molecule has 0 bridgehead atoms. The largest absolute Gasteiger partial charge is 0.302 e. The van der Waals surface area contributed by atoms with Crippen molar-refractivity contribution < 1.29 is 0 Å². The van der Waals surface area contributed by atoms with Crippen LogP contribution in [0.1, 0.15) is 48.8 Å². The molecule has 1 N–H and O–H groups in total. The van der Waals surface area contributed by atoms with Crippen molar-refractivity contribution in [2.24, 2.45) is 5.92 Å². The first-order valence-corrected chi connectivity index (χ1v) is 12.0. The summed E-state index contributed by atoms with van der Waals surface area (Å²) >= 11 is 0. The summed E-state index contributed by atoms with van der Waals surface area (Å²) in [4.78, 5) is 2.73. The molecule has 1 aliphatic heterocycles. The van der Waals surface area contributed by atoms with E-state index in [4.69, 9.17) is 0 Å². The zero-order valence-electron chi connectivity index (χ0n) is 18.4. The van der Waals surface area contributed by atoms with E-state index in [2.05, 4.69) is 101 Å². The zero-order valence-corrected chi connectivity index (χ0v) is 18.4. The van der Waals surface area contributed by atoms with Crippen LogP contribution >= 0.6 is 0 Å². The Balaban J connectivity index is 1.57. The average molecular weight is 411 g/mol. The number of nitrogens with one attached hydrogen (secondary N) is 1. The highest BCUT2D eigenvalue weighted by Crippen LogP contribution is 2.38. The minimum Gasteiger partial charge on any atom is -0.302 e. The fraction of sp³-hybridized carbons (Fsp3) is 0.379. The van der Waals surface area contributed by atoms with Crippen LogP contribution in [0.2, 0.25) is 0 Å². The summed E-state index contributed by atoms with van der Waals surface area (Å²) in [7, 11) is 0.